The van der Waals surface area contributed by atoms with Gasteiger partial charge in [0.2, 0.25) is 0 Å². The molecule has 0 aromatic carbocycles. The Morgan fingerprint density at radius 3 is 2.75 bits per heavy atom. The van der Waals surface area contributed by atoms with Gasteiger partial charge in [-0.3, -0.25) is 0 Å². The predicted molar refractivity (Wildman–Crippen MR) is 65.9 cm³/mol. The Morgan fingerprint density at radius 1 is 1.56 bits per heavy atom. The third-order valence-corrected chi connectivity index (χ3v) is 5.33. The van der Waals surface area contributed by atoms with E-state index in [0.29, 0.717) is 16.7 Å². The zero-order chi connectivity index (χ0) is 11.9. The van der Waals surface area contributed by atoms with Gasteiger partial charge in [-0.15, -0.1) is 0 Å². The molecule has 0 bridgehead atoms. The van der Waals surface area contributed by atoms with Crippen molar-refractivity contribution < 1.29 is 8.42 Å². The van der Waals surface area contributed by atoms with E-state index in [-0.39, 0.29) is 11.3 Å². The number of nitrogens with two attached hydrogens (primary N) is 1. The van der Waals surface area contributed by atoms with Gasteiger partial charge >= 0.3 is 0 Å². The number of nitrogen functional groups attached to an aromatic ring is 1. The predicted octanol–water partition coefficient (Wildman–Crippen LogP) is 1.37. The second-order valence-corrected chi connectivity index (χ2v) is 7.31. The van der Waals surface area contributed by atoms with Gasteiger partial charge in [0.25, 0.3) is 0 Å². The van der Waals surface area contributed by atoms with Gasteiger partial charge in [-0.1, -0.05) is 0 Å². The number of hydrogen-bond acceptors (Lipinski definition) is 4. The number of anilines is 1. The van der Waals surface area contributed by atoms with Gasteiger partial charge in [0.15, 0.2) is 9.84 Å². The van der Waals surface area contributed by atoms with E-state index >= 15 is 0 Å². The Bertz CT molecular complexity index is 497. The SMILES string of the molecule is CS(=O)(=O)C1CCCC1n1ncc(Br)c1N. The maximum atomic E-state index is 11.6. The van der Waals surface area contributed by atoms with E-state index in [1.807, 2.05) is 0 Å². The fourth-order valence-corrected chi connectivity index (χ4v) is 3.99. The molecular formula is C9H14BrN3O2S. The molecule has 0 radical (unpaired) electrons. The maximum Gasteiger partial charge on any atom is 0.152 e. The first-order chi connectivity index (χ1) is 7.41. The molecule has 90 valence electrons. The fourth-order valence-electron chi connectivity index (χ4n) is 2.30. The Morgan fingerprint density at radius 2 is 2.25 bits per heavy atom. The summed E-state index contributed by atoms with van der Waals surface area (Å²) in [6.45, 7) is 0. The fraction of sp³-hybridized carbons (Fsp3) is 0.667. The van der Waals surface area contributed by atoms with Gasteiger partial charge in [-0.2, -0.15) is 5.10 Å². The number of hydrogen-bond donors (Lipinski definition) is 1. The van der Waals surface area contributed by atoms with Crippen molar-refractivity contribution in [1.82, 2.24) is 9.78 Å². The van der Waals surface area contributed by atoms with Crippen LogP contribution < -0.4 is 5.73 Å². The van der Waals surface area contributed by atoms with Crippen LogP contribution in [0.5, 0.6) is 0 Å². The normalized spacial score (nSPS) is 26.1. The number of rotatable bonds is 2. The molecule has 2 unspecified atom stereocenters. The number of halogens is 1. The Labute approximate surface area is 103 Å². The van der Waals surface area contributed by atoms with Gasteiger partial charge in [-0.25, -0.2) is 13.1 Å². The summed E-state index contributed by atoms with van der Waals surface area (Å²) >= 11 is 3.28. The number of sulfone groups is 1. The van der Waals surface area contributed by atoms with Crippen LogP contribution in [0.3, 0.4) is 0 Å². The largest absolute Gasteiger partial charge is 0.383 e. The molecule has 2 N–H and O–H groups in total. The third-order valence-electron chi connectivity index (χ3n) is 3.07. The van der Waals surface area contributed by atoms with Crippen LogP contribution >= 0.6 is 15.9 Å². The van der Waals surface area contributed by atoms with E-state index in [2.05, 4.69) is 21.0 Å². The molecule has 2 rings (SSSR count). The zero-order valence-corrected chi connectivity index (χ0v) is 11.3. The second-order valence-electron chi connectivity index (χ2n) is 4.19. The molecule has 0 spiro atoms. The van der Waals surface area contributed by atoms with Crippen molar-refractivity contribution in [3.63, 3.8) is 0 Å². The Kier molecular flexibility index (Phi) is 3.00. The van der Waals surface area contributed by atoms with E-state index in [1.54, 1.807) is 10.9 Å². The summed E-state index contributed by atoms with van der Waals surface area (Å²) in [5, 5.41) is 3.78. The molecule has 0 saturated heterocycles. The average molecular weight is 308 g/mol. The summed E-state index contributed by atoms with van der Waals surface area (Å²) in [4.78, 5) is 0. The van der Waals surface area contributed by atoms with Crippen LogP contribution in [0.1, 0.15) is 25.3 Å². The van der Waals surface area contributed by atoms with Crippen molar-refractivity contribution in [3.05, 3.63) is 10.7 Å². The van der Waals surface area contributed by atoms with Gasteiger partial charge in [0.1, 0.15) is 5.82 Å². The first-order valence-electron chi connectivity index (χ1n) is 5.08. The monoisotopic (exact) mass is 307 g/mol. The van der Waals surface area contributed by atoms with Crippen LogP contribution in [0.2, 0.25) is 0 Å². The molecule has 1 saturated carbocycles. The molecule has 1 aromatic heterocycles. The average Bonchev–Trinajstić information content (AvgIpc) is 2.74. The van der Waals surface area contributed by atoms with Crippen molar-refractivity contribution in [2.45, 2.75) is 30.6 Å². The molecule has 2 atom stereocenters. The van der Waals surface area contributed by atoms with Crippen LogP contribution in [0, 0.1) is 0 Å². The molecule has 0 aliphatic heterocycles. The van der Waals surface area contributed by atoms with E-state index in [1.165, 1.54) is 6.26 Å². The molecule has 16 heavy (non-hydrogen) atoms. The minimum atomic E-state index is -3.04. The van der Waals surface area contributed by atoms with E-state index in [9.17, 15) is 8.42 Å². The first-order valence-corrected chi connectivity index (χ1v) is 7.83. The van der Waals surface area contributed by atoms with Crippen molar-refractivity contribution in [2.24, 2.45) is 0 Å². The van der Waals surface area contributed by atoms with Crippen molar-refractivity contribution in [1.29, 1.82) is 0 Å². The van der Waals surface area contributed by atoms with E-state index in [0.717, 1.165) is 12.8 Å². The molecule has 5 nitrogen and oxygen atoms in total. The topological polar surface area (TPSA) is 78.0 Å². The highest BCUT2D eigenvalue weighted by Gasteiger charge is 2.37. The molecule has 1 aliphatic carbocycles. The molecule has 1 aliphatic rings. The zero-order valence-electron chi connectivity index (χ0n) is 8.93. The third kappa shape index (κ3) is 1.98. The standard InChI is InChI=1S/C9H14BrN3O2S/c1-16(14,15)8-4-2-3-7(8)13-9(11)6(10)5-12-13/h5,7-8H,2-4,11H2,1H3. The first kappa shape index (κ1) is 11.9. The molecule has 7 heteroatoms. The molecule has 1 aromatic rings. The highest BCUT2D eigenvalue weighted by atomic mass is 79.9. The maximum absolute atomic E-state index is 11.6. The van der Waals surface area contributed by atoms with Crippen LogP contribution in [0.25, 0.3) is 0 Å². The van der Waals surface area contributed by atoms with Crippen LogP contribution in [-0.4, -0.2) is 29.7 Å². The summed E-state index contributed by atoms with van der Waals surface area (Å²) in [6, 6.07) is -0.124. The van der Waals surface area contributed by atoms with Crippen molar-refractivity contribution in [2.75, 3.05) is 12.0 Å². The lowest BCUT2D eigenvalue weighted by molar-refractivity contribution is 0.464. The lowest BCUT2D eigenvalue weighted by atomic mass is 10.2. The minimum Gasteiger partial charge on any atom is -0.383 e. The Balaban J connectivity index is 2.38. The van der Waals surface area contributed by atoms with Gasteiger partial charge in [-0.05, 0) is 35.2 Å². The van der Waals surface area contributed by atoms with E-state index < -0.39 is 9.84 Å². The highest BCUT2D eigenvalue weighted by molar-refractivity contribution is 9.10. The Hall–Kier alpha value is -0.560. The second kappa shape index (κ2) is 4.03. The van der Waals surface area contributed by atoms with Gasteiger partial charge < -0.3 is 5.73 Å². The highest BCUT2D eigenvalue weighted by Crippen LogP contribution is 2.36. The lowest BCUT2D eigenvalue weighted by Crippen LogP contribution is -2.28. The molecular weight excluding hydrogens is 294 g/mol. The molecule has 1 fully saturated rings. The molecule has 1 heterocycles. The van der Waals surface area contributed by atoms with Gasteiger partial charge in [0.05, 0.1) is 22.0 Å². The summed E-state index contributed by atoms with van der Waals surface area (Å²) in [7, 11) is -3.04. The van der Waals surface area contributed by atoms with Crippen LogP contribution in [0.4, 0.5) is 5.82 Å². The van der Waals surface area contributed by atoms with E-state index in [4.69, 9.17) is 5.73 Å². The smallest absolute Gasteiger partial charge is 0.152 e. The summed E-state index contributed by atoms with van der Waals surface area (Å²) in [5.41, 5.74) is 5.85. The number of nitrogens with zero attached hydrogens (tertiary/aromatic N) is 2. The van der Waals surface area contributed by atoms with Gasteiger partial charge in [0, 0.05) is 6.26 Å². The van der Waals surface area contributed by atoms with Crippen LogP contribution in [-0.2, 0) is 9.84 Å². The van der Waals surface area contributed by atoms with Crippen molar-refractivity contribution in [3.8, 4) is 0 Å². The number of aromatic nitrogens is 2. The quantitative estimate of drug-likeness (QED) is 0.895. The summed E-state index contributed by atoms with van der Waals surface area (Å²) < 4.78 is 25.6. The minimum absolute atomic E-state index is 0.124. The molecule has 0 amide bonds. The lowest BCUT2D eigenvalue weighted by Gasteiger charge is -2.19. The summed E-state index contributed by atoms with van der Waals surface area (Å²) in [5.74, 6) is 0.501. The van der Waals surface area contributed by atoms with Crippen LogP contribution in [0.15, 0.2) is 10.7 Å². The van der Waals surface area contributed by atoms with Crippen molar-refractivity contribution >= 4 is 31.6 Å². The summed E-state index contributed by atoms with van der Waals surface area (Å²) in [6.07, 6.45) is 5.30.